The molecule has 2 unspecified atom stereocenters. The summed E-state index contributed by atoms with van der Waals surface area (Å²) < 4.78 is 0. The predicted octanol–water partition coefficient (Wildman–Crippen LogP) is 0.294. The van der Waals surface area contributed by atoms with E-state index < -0.39 is 6.09 Å². The lowest BCUT2D eigenvalue weighted by Crippen LogP contribution is -2.20. The van der Waals surface area contributed by atoms with Crippen LogP contribution in [0.3, 0.4) is 0 Å². The molecule has 1 aromatic rings. The Labute approximate surface area is 98.7 Å². The van der Waals surface area contributed by atoms with Gasteiger partial charge in [-0.25, -0.2) is 9.78 Å². The molecule has 1 aliphatic heterocycles. The molecule has 2 rings (SSSR count). The zero-order valence-corrected chi connectivity index (χ0v) is 9.26. The molecule has 0 aromatic carbocycles. The van der Waals surface area contributed by atoms with E-state index in [-0.39, 0.29) is 12.0 Å². The fourth-order valence-electron chi connectivity index (χ4n) is 1.97. The maximum Gasteiger partial charge on any atom is 0.410 e. The number of rotatable bonds is 3. The first-order valence-corrected chi connectivity index (χ1v) is 5.50. The normalized spacial score (nSPS) is 23.6. The number of aliphatic hydroxyl groups is 1. The summed E-state index contributed by atoms with van der Waals surface area (Å²) in [4.78, 5) is 14.7. The lowest BCUT2D eigenvalue weighted by molar-refractivity contribution is 0.147. The molecule has 17 heavy (non-hydrogen) atoms. The number of nitrogens with zero attached hydrogens (tertiary/aromatic N) is 1. The van der Waals surface area contributed by atoms with Crippen LogP contribution in [0.15, 0.2) is 18.2 Å². The van der Waals surface area contributed by atoms with E-state index in [2.05, 4.69) is 15.6 Å². The summed E-state index contributed by atoms with van der Waals surface area (Å²) in [5, 5.41) is 23.6. The van der Waals surface area contributed by atoms with Gasteiger partial charge in [0.25, 0.3) is 0 Å². The van der Waals surface area contributed by atoms with Gasteiger partial charge in [0.1, 0.15) is 5.82 Å². The molecule has 6 heteroatoms. The molecule has 0 spiro atoms. The summed E-state index contributed by atoms with van der Waals surface area (Å²) in [6.07, 6.45) is -0.839. The summed E-state index contributed by atoms with van der Waals surface area (Å²) in [5.41, 5.74) is 0.781. The van der Waals surface area contributed by atoms with Crippen molar-refractivity contribution in [1.82, 2.24) is 10.3 Å². The fourth-order valence-corrected chi connectivity index (χ4v) is 1.97. The van der Waals surface area contributed by atoms with Crippen LogP contribution in [0.5, 0.6) is 0 Å². The third kappa shape index (κ3) is 3.15. The van der Waals surface area contributed by atoms with Gasteiger partial charge in [-0.3, -0.25) is 5.32 Å². The molecule has 0 radical (unpaired) electrons. The van der Waals surface area contributed by atoms with E-state index in [9.17, 15) is 9.90 Å². The molecule has 0 aliphatic carbocycles. The third-order valence-electron chi connectivity index (χ3n) is 2.82. The smallest absolute Gasteiger partial charge is 0.410 e. The topological polar surface area (TPSA) is 94.5 Å². The second kappa shape index (κ2) is 5.11. The van der Waals surface area contributed by atoms with Crippen molar-refractivity contribution in [3.05, 3.63) is 23.9 Å². The van der Waals surface area contributed by atoms with Gasteiger partial charge in [-0.05, 0) is 18.6 Å². The standard InChI is InChI=1S/C11H15N3O3/c15-9-6-12-5-7(9)4-8-2-1-3-10(13-8)14-11(16)17/h1-3,7,9,12,15H,4-6H2,(H,13,14)(H,16,17). The second-order valence-corrected chi connectivity index (χ2v) is 4.13. The molecule has 2 atom stereocenters. The van der Waals surface area contributed by atoms with E-state index in [0.29, 0.717) is 18.8 Å². The van der Waals surface area contributed by atoms with Gasteiger partial charge in [0.15, 0.2) is 0 Å². The van der Waals surface area contributed by atoms with Gasteiger partial charge in [0.05, 0.1) is 6.10 Å². The third-order valence-corrected chi connectivity index (χ3v) is 2.82. The number of aromatic nitrogens is 1. The highest BCUT2D eigenvalue weighted by Crippen LogP contribution is 2.15. The second-order valence-electron chi connectivity index (χ2n) is 4.13. The molecule has 2 heterocycles. The van der Waals surface area contributed by atoms with Crippen molar-refractivity contribution in [2.24, 2.45) is 5.92 Å². The van der Waals surface area contributed by atoms with Crippen molar-refractivity contribution in [3.63, 3.8) is 0 Å². The molecule has 1 fully saturated rings. The highest BCUT2D eigenvalue weighted by Gasteiger charge is 2.25. The predicted molar refractivity (Wildman–Crippen MR) is 62.0 cm³/mol. The Hall–Kier alpha value is -1.66. The quantitative estimate of drug-likeness (QED) is 0.606. The number of aliphatic hydroxyl groups excluding tert-OH is 1. The Morgan fingerprint density at radius 1 is 1.53 bits per heavy atom. The van der Waals surface area contributed by atoms with Crippen molar-refractivity contribution in [1.29, 1.82) is 0 Å². The van der Waals surface area contributed by atoms with E-state index in [1.54, 1.807) is 12.1 Å². The molecule has 0 saturated carbocycles. The van der Waals surface area contributed by atoms with Crippen LogP contribution in [0.1, 0.15) is 5.69 Å². The van der Waals surface area contributed by atoms with Crippen molar-refractivity contribution in [2.75, 3.05) is 18.4 Å². The van der Waals surface area contributed by atoms with Crippen LogP contribution in [-0.4, -0.2) is 40.5 Å². The zero-order valence-electron chi connectivity index (χ0n) is 9.26. The van der Waals surface area contributed by atoms with Crippen molar-refractivity contribution >= 4 is 11.9 Å². The van der Waals surface area contributed by atoms with Crippen molar-refractivity contribution < 1.29 is 15.0 Å². The Kier molecular flexibility index (Phi) is 3.55. The van der Waals surface area contributed by atoms with Crippen LogP contribution in [0.2, 0.25) is 0 Å². The van der Waals surface area contributed by atoms with Gasteiger partial charge in [-0.1, -0.05) is 6.07 Å². The van der Waals surface area contributed by atoms with Crippen LogP contribution in [0.4, 0.5) is 10.6 Å². The van der Waals surface area contributed by atoms with Gasteiger partial charge in [0.2, 0.25) is 0 Å². The molecule has 0 bridgehead atoms. The number of carbonyl (C=O) groups is 1. The van der Waals surface area contributed by atoms with Crippen LogP contribution >= 0.6 is 0 Å². The Morgan fingerprint density at radius 2 is 2.35 bits per heavy atom. The minimum absolute atomic E-state index is 0.141. The maximum absolute atomic E-state index is 10.5. The zero-order chi connectivity index (χ0) is 12.3. The Bertz CT molecular complexity index is 411. The molecule has 92 valence electrons. The summed E-state index contributed by atoms with van der Waals surface area (Å²) in [5.74, 6) is 0.457. The van der Waals surface area contributed by atoms with Crippen LogP contribution in [-0.2, 0) is 6.42 Å². The summed E-state index contributed by atoms with van der Waals surface area (Å²) >= 11 is 0. The average Bonchev–Trinajstić information content (AvgIpc) is 2.64. The van der Waals surface area contributed by atoms with E-state index in [0.717, 1.165) is 12.2 Å². The maximum atomic E-state index is 10.5. The number of hydrogen-bond acceptors (Lipinski definition) is 4. The van der Waals surface area contributed by atoms with E-state index >= 15 is 0 Å². The SMILES string of the molecule is O=C(O)Nc1cccc(CC2CNCC2O)n1. The van der Waals surface area contributed by atoms with Gasteiger partial charge in [-0.2, -0.15) is 0 Å². The molecule has 1 aliphatic rings. The highest BCUT2D eigenvalue weighted by molar-refractivity contribution is 5.81. The van der Waals surface area contributed by atoms with E-state index in [1.807, 2.05) is 6.07 Å². The van der Waals surface area contributed by atoms with E-state index in [1.165, 1.54) is 0 Å². The van der Waals surface area contributed by atoms with Crippen molar-refractivity contribution in [3.8, 4) is 0 Å². The minimum atomic E-state index is -1.13. The van der Waals surface area contributed by atoms with Gasteiger partial charge < -0.3 is 15.5 Å². The first-order valence-electron chi connectivity index (χ1n) is 5.50. The molecular weight excluding hydrogens is 222 g/mol. The Balaban J connectivity index is 2.03. The fraction of sp³-hybridized carbons (Fsp3) is 0.455. The first kappa shape index (κ1) is 11.8. The van der Waals surface area contributed by atoms with Crippen LogP contribution in [0.25, 0.3) is 0 Å². The number of hydrogen-bond donors (Lipinski definition) is 4. The largest absolute Gasteiger partial charge is 0.465 e. The average molecular weight is 237 g/mol. The number of carboxylic acid groups (broad SMARTS) is 1. The number of anilines is 1. The van der Waals surface area contributed by atoms with Crippen LogP contribution < -0.4 is 10.6 Å². The first-order chi connectivity index (χ1) is 8.15. The lowest BCUT2D eigenvalue weighted by atomic mass is 10.00. The Morgan fingerprint density at radius 3 is 3.00 bits per heavy atom. The monoisotopic (exact) mass is 237 g/mol. The van der Waals surface area contributed by atoms with Gasteiger partial charge in [0, 0.05) is 24.7 Å². The van der Waals surface area contributed by atoms with Gasteiger partial charge in [-0.15, -0.1) is 0 Å². The summed E-state index contributed by atoms with van der Waals surface area (Å²) in [6, 6.07) is 5.18. The summed E-state index contributed by atoms with van der Waals surface area (Å²) in [6.45, 7) is 1.37. The van der Waals surface area contributed by atoms with E-state index in [4.69, 9.17) is 5.11 Å². The number of amides is 1. The molecular formula is C11H15N3O3. The lowest BCUT2D eigenvalue weighted by Gasteiger charge is -2.12. The number of pyridine rings is 1. The molecule has 1 amide bonds. The van der Waals surface area contributed by atoms with Crippen LogP contribution in [0, 0.1) is 5.92 Å². The highest BCUT2D eigenvalue weighted by atomic mass is 16.4. The minimum Gasteiger partial charge on any atom is -0.465 e. The summed E-state index contributed by atoms with van der Waals surface area (Å²) in [7, 11) is 0. The number of nitrogens with one attached hydrogen (secondary N) is 2. The van der Waals surface area contributed by atoms with Crippen molar-refractivity contribution in [2.45, 2.75) is 12.5 Å². The molecule has 1 aromatic heterocycles. The number of β-amino-alcohol motifs (C(OH)–C–C–N with tert-alkyl or cyclic N) is 1. The molecule has 6 nitrogen and oxygen atoms in total. The molecule has 4 N–H and O–H groups in total. The molecule has 1 saturated heterocycles. The van der Waals surface area contributed by atoms with Gasteiger partial charge >= 0.3 is 6.09 Å².